The molecule has 0 bridgehead atoms. The quantitative estimate of drug-likeness (QED) is 0.448. The lowest BCUT2D eigenvalue weighted by Crippen LogP contribution is -2.44. The summed E-state index contributed by atoms with van der Waals surface area (Å²) in [5.74, 6) is -0.871. The first-order valence-electron chi connectivity index (χ1n) is 8.53. The first kappa shape index (κ1) is 18.5. The topological polar surface area (TPSA) is 96.0 Å². The smallest absolute Gasteiger partial charge is 0.282 e. The van der Waals surface area contributed by atoms with Gasteiger partial charge in [0.2, 0.25) is 0 Å². The van der Waals surface area contributed by atoms with Crippen LogP contribution in [-0.4, -0.2) is 21.9 Å². The lowest BCUT2D eigenvalue weighted by atomic mass is 10.0. The van der Waals surface area contributed by atoms with Crippen LogP contribution in [0, 0.1) is 5.82 Å². The minimum atomic E-state index is -0.620. The van der Waals surface area contributed by atoms with E-state index in [0.717, 1.165) is 0 Å². The van der Waals surface area contributed by atoms with Gasteiger partial charge in [-0.15, -0.1) is 11.3 Å². The van der Waals surface area contributed by atoms with Gasteiger partial charge < -0.3 is 0 Å². The number of rotatable bonds is 3. The number of para-hydroxylation sites is 1. The van der Waals surface area contributed by atoms with Crippen molar-refractivity contribution in [3.8, 4) is 11.3 Å². The predicted octanol–water partition coefficient (Wildman–Crippen LogP) is 3.96. The van der Waals surface area contributed by atoms with Crippen molar-refractivity contribution in [1.82, 2.24) is 20.8 Å². The number of benzene rings is 2. The molecule has 7 nitrogen and oxygen atoms in total. The molecule has 0 aliphatic rings. The van der Waals surface area contributed by atoms with E-state index in [1.165, 1.54) is 23.5 Å². The van der Waals surface area contributed by atoms with Gasteiger partial charge in [-0.1, -0.05) is 18.2 Å². The largest absolute Gasteiger partial charge is 0.339 e. The molecule has 4 rings (SSSR count). The number of urea groups is 1. The highest BCUT2D eigenvalue weighted by Crippen LogP contribution is 2.25. The van der Waals surface area contributed by atoms with E-state index in [-0.39, 0.29) is 5.82 Å². The number of nitrogens with one attached hydrogen (secondary N) is 3. The standard InChI is InChI=1S/C20H14FN5O2S/c21-13-7-5-12(6-8-13)17-11-15(14-3-1-2-4-16(14)23-17)18(27)25-26-19(28)24-20-22-9-10-29-20/h1-11H,(H,25,27)(H2,22,24,26,28). The van der Waals surface area contributed by atoms with Gasteiger partial charge in [0.1, 0.15) is 5.82 Å². The average molecular weight is 407 g/mol. The molecule has 0 aliphatic carbocycles. The molecule has 2 aromatic carbocycles. The number of thiazole rings is 1. The fraction of sp³-hybridized carbons (Fsp3) is 0. The number of carbonyl (C=O) groups is 2. The highest BCUT2D eigenvalue weighted by Gasteiger charge is 2.15. The molecular formula is C20H14FN5O2S. The van der Waals surface area contributed by atoms with Crippen molar-refractivity contribution < 1.29 is 14.0 Å². The van der Waals surface area contributed by atoms with Gasteiger partial charge in [0.15, 0.2) is 5.13 Å². The van der Waals surface area contributed by atoms with E-state index in [1.807, 2.05) is 6.07 Å². The average Bonchev–Trinajstić information content (AvgIpc) is 3.24. The maximum atomic E-state index is 13.2. The summed E-state index contributed by atoms with van der Waals surface area (Å²) in [7, 11) is 0. The minimum Gasteiger partial charge on any atom is -0.282 e. The molecule has 0 saturated heterocycles. The molecule has 0 atom stereocenters. The molecule has 0 unspecified atom stereocenters. The summed E-state index contributed by atoms with van der Waals surface area (Å²) in [6.07, 6.45) is 1.55. The van der Waals surface area contributed by atoms with E-state index < -0.39 is 11.9 Å². The summed E-state index contributed by atoms with van der Waals surface area (Å²) >= 11 is 1.25. The molecular weight excluding hydrogens is 393 g/mol. The summed E-state index contributed by atoms with van der Waals surface area (Å²) < 4.78 is 13.2. The molecule has 0 fully saturated rings. The van der Waals surface area contributed by atoms with Gasteiger partial charge in [0.05, 0.1) is 16.8 Å². The van der Waals surface area contributed by atoms with Gasteiger partial charge in [0, 0.05) is 22.5 Å². The normalized spacial score (nSPS) is 10.5. The van der Waals surface area contributed by atoms with Crippen LogP contribution in [0.5, 0.6) is 0 Å². The van der Waals surface area contributed by atoms with Crippen molar-refractivity contribution in [2.75, 3.05) is 5.32 Å². The van der Waals surface area contributed by atoms with Gasteiger partial charge in [-0.2, -0.15) is 0 Å². The van der Waals surface area contributed by atoms with Gasteiger partial charge in [-0.05, 0) is 36.4 Å². The van der Waals surface area contributed by atoms with Crippen molar-refractivity contribution in [1.29, 1.82) is 0 Å². The molecule has 29 heavy (non-hydrogen) atoms. The van der Waals surface area contributed by atoms with E-state index in [9.17, 15) is 14.0 Å². The Labute approximate surface area is 168 Å². The first-order valence-corrected chi connectivity index (χ1v) is 9.41. The molecule has 3 N–H and O–H groups in total. The van der Waals surface area contributed by atoms with Crippen LogP contribution >= 0.6 is 11.3 Å². The Hall–Kier alpha value is -3.85. The van der Waals surface area contributed by atoms with Gasteiger partial charge in [0.25, 0.3) is 5.91 Å². The summed E-state index contributed by atoms with van der Waals surface area (Å²) in [5.41, 5.74) is 6.79. The number of hydrogen-bond donors (Lipinski definition) is 3. The van der Waals surface area contributed by atoms with E-state index in [4.69, 9.17) is 0 Å². The van der Waals surface area contributed by atoms with Crippen LogP contribution in [0.2, 0.25) is 0 Å². The minimum absolute atomic E-state index is 0.324. The SMILES string of the molecule is O=C(NNC(=O)c1cc(-c2ccc(F)cc2)nc2ccccc12)Nc1nccs1. The molecule has 0 radical (unpaired) electrons. The van der Waals surface area contributed by atoms with Gasteiger partial charge in [-0.3, -0.25) is 15.5 Å². The van der Waals surface area contributed by atoms with Crippen LogP contribution in [0.4, 0.5) is 14.3 Å². The lowest BCUT2D eigenvalue weighted by Gasteiger charge is -2.11. The molecule has 0 aliphatic heterocycles. The third kappa shape index (κ3) is 4.19. The zero-order valence-corrected chi connectivity index (χ0v) is 15.7. The first-order chi connectivity index (χ1) is 14.1. The number of fused-ring (bicyclic) bond motifs is 1. The highest BCUT2D eigenvalue weighted by atomic mass is 32.1. The highest BCUT2D eigenvalue weighted by molar-refractivity contribution is 7.13. The monoisotopic (exact) mass is 407 g/mol. The second-order valence-electron chi connectivity index (χ2n) is 5.95. The Balaban J connectivity index is 1.60. The molecule has 0 spiro atoms. The van der Waals surface area contributed by atoms with Crippen molar-refractivity contribution in [3.05, 3.63) is 77.6 Å². The lowest BCUT2D eigenvalue weighted by molar-refractivity contribution is 0.0939. The van der Waals surface area contributed by atoms with Crippen molar-refractivity contribution in [3.63, 3.8) is 0 Å². The third-order valence-electron chi connectivity index (χ3n) is 4.04. The molecule has 9 heteroatoms. The second-order valence-corrected chi connectivity index (χ2v) is 6.84. The zero-order chi connectivity index (χ0) is 20.2. The van der Waals surface area contributed by atoms with Crippen molar-refractivity contribution in [2.45, 2.75) is 0 Å². The van der Waals surface area contributed by atoms with Crippen molar-refractivity contribution in [2.24, 2.45) is 0 Å². The van der Waals surface area contributed by atoms with E-state index in [0.29, 0.717) is 32.9 Å². The number of carbonyl (C=O) groups excluding carboxylic acids is 2. The van der Waals surface area contributed by atoms with Gasteiger partial charge >= 0.3 is 6.03 Å². The zero-order valence-electron chi connectivity index (χ0n) is 14.8. The number of pyridine rings is 1. The summed E-state index contributed by atoms with van der Waals surface area (Å²) in [6, 6.07) is 14.0. The molecule has 3 amide bonds. The number of aromatic nitrogens is 2. The summed E-state index contributed by atoms with van der Waals surface area (Å²) in [5, 5.41) is 5.25. The summed E-state index contributed by atoms with van der Waals surface area (Å²) in [4.78, 5) is 33.1. The maximum Gasteiger partial charge on any atom is 0.339 e. The van der Waals surface area contributed by atoms with Crippen LogP contribution in [0.15, 0.2) is 66.2 Å². The number of nitrogens with zero attached hydrogens (tertiary/aromatic N) is 2. The Morgan fingerprint density at radius 2 is 1.79 bits per heavy atom. The Bertz CT molecular complexity index is 1180. The van der Waals surface area contributed by atoms with Crippen LogP contribution < -0.4 is 16.2 Å². The number of amides is 3. The predicted molar refractivity (Wildman–Crippen MR) is 109 cm³/mol. The number of halogens is 1. The van der Waals surface area contributed by atoms with Crippen LogP contribution in [0.3, 0.4) is 0 Å². The Kier molecular flexibility index (Phi) is 5.12. The van der Waals surface area contributed by atoms with Crippen LogP contribution in [0.25, 0.3) is 22.2 Å². The molecule has 2 heterocycles. The molecule has 144 valence electrons. The van der Waals surface area contributed by atoms with E-state index in [2.05, 4.69) is 26.1 Å². The molecule has 0 saturated carbocycles. The van der Waals surface area contributed by atoms with Gasteiger partial charge in [-0.25, -0.2) is 24.6 Å². The molecule has 2 aromatic heterocycles. The number of hydrazine groups is 1. The maximum absolute atomic E-state index is 13.2. The fourth-order valence-electron chi connectivity index (χ4n) is 2.73. The fourth-order valence-corrected chi connectivity index (χ4v) is 3.25. The number of anilines is 1. The van der Waals surface area contributed by atoms with Crippen molar-refractivity contribution >= 4 is 39.3 Å². The van der Waals surface area contributed by atoms with Crippen LogP contribution in [-0.2, 0) is 0 Å². The second kappa shape index (κ2) is 8.03. The van der Waals surface area contributed by atoms with E-state index in [1.54, 1.807) is 48.0 Å². The van der Waals surface area contributed by atoms with E-state index >= 15 is 0 Å². The molecule has 4 aromatic rings. The van der Waals surface area contributed by atoms with Crippen LogP contribution in [0.1, 0.15) is 10.4 Å². The Morgan fingerprint density at radius 3 is 2.55 bits per heavy atom. The summed E-state index contributed by atoms with van der Waals surface area (Å²) in [6.45, 7) is 0. The number of hydrogen-bond acceptors (Lipinski definition) is 5. The third-order valence-corrected chi connectivity index (χ3v) is 4.73. The Morgan fingerprint density at radius 1 is 1.00 bits per heavy atom.